The summed E-state index contributed by atoms with van der Waals surface area (Å²) in [6.45, 7) is 4.44. The van der Waals surface area contributed by atoms with Gasteiger partial charge in [-0.2, -0.15) is 16.7 Å². The van der Waals surface area contributed by atoms with Gasteiger partial charge in [-0.25, -0.2) is 4.98 Å². The molecule has 7 nitrogen and oxygen atoms in total. The number of nitrogens with one attached hydrogen (secondary N) is 2. The van der Waals surface area contributed by atoms with Crippen LogP contribution in [0.1, 0.15) is 56.3 Å². The summed E-state index contributed by atoms with van der Waals surface area (Å²) in [4.78, 5) is 11.7. The third-order valence-corrected chi connectivity index (χ3v) is 10.0. The van der Waals surface area contributed by atoms with Crippen LogP contribution in [0, 0.1) is 5.92 Å². The fourth-order valence-electron chi connectivity index (χ4n) is 5.95. The van der Waals surface area contributed by atoms with Gasteiger partial charge in [-0.3, -0.25) is 0 Å². The topological polar surface area (TPSA) is 82.5 Å². The molecule has 1 heterocycles. The summed E-state index contributed by atoms with van der Waals surface area (Å²) < 4.78 is 5.58. The molecule has 0 spiro atoms. The summed E-state index contributed by atoms with van der Waals surface area (Å²) in [6, 6.07) is 24.4. The van der Waals surface area contributed by atoms with E-state index < -0.39 is 6.10 Å². The van der Waals surface area contributed by atoms with Crippen molar-refractivity contribution in [3.05, 3.63) is 88.9 Å². The minimum Gasteiger partial charge on any atom is -0.494 e. The van der Waals surface area contributed by atoms with Gasteiger partial charge in [0.25, 0.3) is 0 Å². The van der Waals surface area contributed by atoms with Gasteiger partial charge in [0.05, 0.1) is 18.2 Å². The van der Waals surface area contributed by atoms with Crippen LogP contribution in [-0.2, 0) is 5.75 Å². The Labute approximate surface area is 277 Å². The Morgan fingerprint density at radius 2 is 1.71 bits per heavy atom. The average molecular weight is 648 g/mol. The Bertz CT molecular complexity index is 1480. The van der Waals surface area contributed by atoms with Gasteiger partial charge in [0.2, 0.25) is 5.95 Å². The molecule has 2 unspecified atom stereocenters. The van der Waals surface area contributed by atoms with Crippen LogP contribution in [0.2, 0.25) is 5.02 Å². The summed E-state index contributed by atoms with van der Waals surface area (Å²) in [5.74, 6) is 4.00. The van der Waals surface area contributed by atoms with E-state index in [0.29, 0.717) is 30.9 Å². The molecule has 240 valence electrons. The maximum absolute atomic E-state index is 11.1. The highest BCUT2D eigenvalue weighted by atomic mass is 35.5. The number of rotatable bonds is 15. The Kier molecular flexibility index (Phi) is 12.2. The molecule has 45 heavy (non-hydrogen) atoms. The van der Waals surface area contributed by atoms with Crippen molar-refractivity contribution >= 4 is 46.0 Å². The second kappa shape index (κ2) is 16.5. The van der Waals surface area contributed by atoms with Gasteiger partial charge >= 0.3 is 0 Å². The largest absolute Gasteiger partial charge is 0.494 e. The summed E-state index contributed by atoms with van der Waals surface area (Å²) in [5, 5.41) is 20.6. The SMILES string of the molecule is CCOc1ccc(C(O)CC(CNCC2CCC(Nc3nc(N(C)C)c4ccccc4n3)CC2)SCc2ccc(Cl)cc2)cc1. The third kappa shape index (κ3) is 9.72. The molecule has 0 saturated heterocycles. The predicted octanol–water partition coefficient (Wildman–Crippen LogP) is 7.73. The van der Waals surface area contributed by atoms with Gasteiger partial charge < -0.3 is 25.4 Å². The number of aliphatic hydroxyl groups excluding tert-OH is 1. The zero-order valence-corrected chi connectivity index (χ0v) is 28.2. The molecule has 1 aliphatic rings. The number of aliphatic hydroxyl groups is 1. The fraction of sp³-hybridized carbons (Fsp3) is 0.444. The van der Waals surface area contributed by atoms with E-state index in [9.17, 15) is 5.11 Å². The number of ether oxygens (including phenoxy) is 1. The molecule has 0 aliphatic heterocycles. The number of aromatic nitrogens is 2. The molecule has 3 N–H and O–H groups in total. The molecule has 1 saturated carbocycles. The van der Waals surface area contributed by atoms with Crippen LogP contribution < -0.4 is 20.3 Å². The number of nitrogens with zero attached hydrogens (tertiary/aromatic N) is 3. The molecule has 5 rings (SSSR count). The van der Waals surface area contributed by atoms with E-state index in [0.717, 1.165) is 77.6 Å². The number of para-hydroxylation sites is 1. The lowest BCUT2D eigenvalue weighted by Crippen LogP contribution is -2.34. The number of hydrogen-bond acceptors (Lipinski definition) is 8. The number of hydrogen-bond donors (Lipinski definition) is 3. The van der Waals surface area contributed by atoms with E-state index in [4.69, 9.17) is 26.3 Å². The fourth-order valence-corrected chi connectivity index (χ4v) is 7.25. The maximum atomic E-state index is 11.1. The normalized spacial score (nSPS) is 18.0. The minimum atomic E-state index is -0.531. The van der Waals surface area contributed by atoms with E-state index in [1.54, 1.807) is 0 Å². The van der Waals surface area contributed by atoms with E-state index in [-0.39, 0.29) is 5.25 Å². The van der Waals surface area contributed by atoms with Crippen molar-refractivity contribution in [1.82, 2.24) is 15.3 Å². The first-order valence-corrected chi connectivity index (χ1v) is 17.5. The first kappa shape index (κ1) is 33.3. The molecule has 9 heteroatoms. The highest BCUT2D eigenvalue weighted by molar-refractivity contribution is 7.99. The Morgan fingerprint density at radius 1 is 0.978 bits per heavy atom. The Morgan fingerprint density at radius 3 is 2.42 bits per heavy atom. The lowest BCUT2D eigenvalue weighted by molar-refractivity contribution is 0.166. The quantitative estimate of drug-likeness (QED) is 0.121. The predicted molar refractivity (Wildman–Crippen MR) is 190 cm³/mol. The first-order chi connectivity index (χ1) is 21.9. The molecule has 1 aromatic heterocycles. The molecule has 0 amide bonds. The monoisotopic (exact) mass is 647 g/mol. The van der Waals surface area contributed by atoms with E-state index in [1.165, 1.54) is 5.56 Å². The van der Waals surface area contributed by atoms with Gasteiger partial charge in [0, 0.05) is 48.1 Å². The molecular formula is C36H46ClN5O2S. The molecule has 0 bridgehead atoms. The zero-order valence-electron chi connectivity index (χ0n) is 26.6. The van der Waals surface area contributed by atoms with Crippen LogP contribution in [-0.4, -0.2) is 60.2 Å². The smallest absolute Gasteiger partial charge is 0.225 e. The van der Waals surface area contributed by atoms with Crippen LogP contribution in [0.5, 0.6) is 5.75 Å². The number of benzene rings is 3. The summed E-state index contributed by atoms with van der Waals surface area (Å²) in [7, 11) is 4.05. The molecule has 1 aliphatic carbocycles. The Hall–Kier alpha value is -3.04. The van der Waals surface area contributed by atoms with Crippen molar-refractivity contribution in [3.8, 4) is 5.75 Å². The van der Waals surface area contributed by atoms with Crippen molar-refractivity contribution < 1.29 is 9.84 Å². The lowest BCUT2D eigenvalue weighted by atomic mass is 9.86. The van der Waals surface area contributed by atoms with Crippen molar-refractivity contribution in [2.75, 3.05) is 44.0 Å². The summed E-state index contributed by atoms with van der Waals surface area (Å²) in [6.07, 6.45) is 4.68. The molecule has 3 aromatic carbocycles. The lowest BCUT2D eigenvalue weighted by Gasteiger charge is -2.30. The van der Waals surface area contributed by atoms with Gasteiger partial charge in [0.1, 0.15) is 11.6 Å². The standard InChI is InChI=1S/C36H46ClN5O2S/c1-4-44-30-19-13-27(14-20-30)34(43)21-31(45-24-26-9-15-28(37)16-10-26)23-38-22-25-11-17-29(18-12-25)39-36-40-33-8-6-5-7-32(33)35(41-36)42(2)3/h5-10,13-16,19-20,25,29,31,34,38,43H,4,11-12,17-18,21-24H2,1-3H3,(H,39,40,41). The highest BCUT2D eigenvalue weighted by Crippen LogP contribution is 2.30. The summed E-state index contributed by atoms with van der Waals surface area (Å²) >= 11 is 7.99. The first-order valence-electron chi connectivity index (χ1n) is 16.1. The molecule has 4 aromatic rings. The van der Waals surface area contributed by atoms with Crippen molar-refractivity contribution in [1.29, 1.82) is 0 Å². The van der Waals surface area contributed by atoms with Gasteiger partial charge in [-0.05, 0) is 99.0 Å². The van der Waals surface area contributed by atoms with Crippen molar-refractivity contribution in [2.45, 2.75) is 62.2 Å². The maximum Gasteiger partial charge on any atom is 0.225 e. The van der Waals surface area contributed by atoms with Crippen LogP contribution in [0.15, 0.2) is 72.8 Å². The second-order valence-electron chi connectivity index (χ2n) is 12.1. The van der Waals surface area contributed by atoms with Crippen LogP contribution in [0.4, 0.5) is 11.8 Å². The molecular weight excluding hydrogens is 602 g/mol. The second-order valence-corrected chi connectivity index (χ2v) is 13.8. The van der Waals surface area contributed by atoms with Gasteiger partial charge in [0.15, 0.2) is 0 Å². The summed E-state index contributed by atoms with van der Waals surface area (Å²) in [5.41, 5.74) is 3.13. The van der Waals surface area contributed by atoms with Crippen LogP contribution >= 0.6 is 23.4 Å². The number of anilines is 2. The number of fused-ring (bicyclic) bond motifs is 1. The van der Waals surface area contributed by atoms with Crippen LogP contribution in [0.25, 0.3) is 10.9 Å². The van der Waals surface area contributed by atoms with Crippen molar-refractivity contribution in [3.63, 3.8) is 0 Å². The molecule has 1 fully saturated rings. The number of halogens is 1. The van der Waals surface area contributed by atoms with E-state index in [2.05, 4.69) is 39.8 Å². The Balaban J connectivity index is 1.12. The average Bonchev–Trinajstić information content (AvgIpc) is 3.05. The zero-order chi connectivity index (χ0) is 31.6. The van der Waals surface area contributed by atoms with E-state index in [1.807, 2.05) is 81.3 Å². The van der Waals surface area contributed by atoms with E-state index >= 15 is 0 Å². The van der Waals surface area contributed by atoms with Gasteiger partial charge in [-0.1, -0.05) is 48.0 Å². The van der Waals surface area contributed by atoms with Crippen molar-refractivity contribution in [2.24, 2.45) is 5.92 Å². The highest BCUT2D eigenvalue weighted by Gasteiger charge is 2.23. The van der Waals surface area contributed by atoms with Crippen LogP contribution in [0.3, 0.4) is 0 Å². The number of thioether (sulfide) groups is 1. The third-order valence-electron chi connectivity index (χ3n) is 8.45. The molecule has 0 radical (unpaired) electrons. The van der Waals surface area contributed by atoms with Gasteiger partial charge in [-0.15, -0.1) is 0 Å². The molecule has 2 atom stereocenters. The minimum absolute atomic E-state index is 0.260.